The maximum Gasteiger partial charge on any atom is 0.310 e. The topological polar surface area (TPSA) is 60.8 Å². The van der Waals surface area contributed by atoms with Gasteiger partial charge in [-0.25, -0.2) is 0 Å². The Hall–Kier alpha value is -0.610. The number of aliphatic hydroxyl groups is 1. The van der Waals surface area contributed by atoms with Crippen molar-refractivity contribution in [2.75, 3.05) is 19.6 Å². The van der Waals surface area contributed by atoms with Crippen molar-refractivity contribution >= 4 is 5.97 Å². The Balaban J connectivity index is 2.44. The molecule has 4 heteroatoms. The standard InChI is InChI=1S/C9H17NO3/c1-9(2,8(12)13)6-10-4-3-7(11)5-10/h7,11H,3-6H2,1-2H3,(H,12,13)/t7-/m1/s1. The van der Waals surface area contributed by atoms with E-state index in [-0.39, 0.29) is 6.10 Å². The van der Waals surface area contributed by atoms with Gasteiger partial charge < -0.3 is 10.2 Å². The van der Waals surface area contributed by atoms with E-state index in [0.29, 0.717) is 13.1 Å². The van der Waals surface area contributed by atoms with Crippen molar-refractivity contribution in [1.29, 1.82) is 0 Å². The number of β-amino-alcohol motifs (C(OH)–C–C–N with tert-alkyl or cyclic N) is 1. The summed E-state index contributed by atoms with van der Waals surface area (Å²) in [5, 5.41) is 18.1. The summed E-state index contributed by atoms with van der Waals surface area (Å²) in [5.74, 6) is -0.783. The van der Waals surface area contributed by atoms with Crippen molar-refractivity contribution < 1.29 is 15.0 Å². The molecule has 1 fully saturated rings. The maximum atomic E-state index is 10.8. The number of hydrogen-bond acceptors (Lipinski definition) is 3. The first-order valence-electron chi connectivity index (χ1n) is 4.55. The third kappa shape index (κ3) is 2.67. The van der Waals surface area contributed by atoms with E-state index in [1.807, 2.05) is 4.90 Å². The minimum absolute atomic E-state index is 0.274. The van der Waals surface area contributed by atoms with Gasteiger partial charge in [0.25, 0.3) is 0 Å². The molecule has 1 atom stereocenters. The van der Waals surface area contributed by atoms with E-state index in [2.05, 4.69) is 0 Å². The first-order valence-corrected chi connectivity index (χ1v) is 4.55. The van der Waals surface area contributed by atoms with Gasteiger partial charge in [0, 0.05) is 19.6 Å². The molecule has 1 saturated heterocycles. The van der Waals surface area contributed by atoms with Crippen molar-refractivity contribution in [3.8, 4) is 0 Å². The zero-order valence-corrected chi connectivity index (χ0v) is 8.16. The van der Waals surface area contributed by atoms with Crippen molar-refractivity contribution in [3.63, 3.8) is 0 Å². The van der Waals surface area contributed by atoms with Crippen LogP contribution in [0.2, 0.25) is 0 Å². The fourth-order valence-electron chi connectivity index (χ4n) is 1.58. The lowest BCUT2D eigenvalue weighted by atomic mass is 9.93. The van der Waals surface area contributed by atoms with E-state index in [0.717, 1.165) is 13.0 Å². The molecule has 1 heterocycles. The van der Waals surface area contributed by atoms with Gasteiger partial charge in [-0.3, -0.25) is 9.69 Å². The van der Waals surface area contributed by atoms with Crippen LogP contribution in [-0.4, -0.2) is 46.8 Å². The molecular formula is C9H17NO3. The van der Waals surface area contributed by atoms with Gasteiger partial charge in [-0.05, 0) is 20.3 Å². The second-order valence-electron chi connectivity index (χ2n) is 4.37. The van der Waals surface area contributed by atoms with E-state index in [9.17, 15) is 9.90 Å². The molecule has 0 amide bonds. The van der Waals surface area contributed by atoms with Crippen LogP contribution < -0.4 is 0 Å². The number of carbonyl (C=O) groups is 1. The number of hydrogen-bond donors (Lipinski definition) is 2. The Labute approximate surface area is 78.2 Å². The molecule has 1 rings (SSSR count). The van der Waals surface area contributed by atoms with Gasteiger partial charge in [0.1, 0.15) is 0 Å². The summed E-state index contributed by atoms with van der Waals surface area (Å²) < 4.78 is 0. The highest BCUT2D eigenvalue weighted by atomic mass is 16.4. The molecule has 76 valence electrons. The van der Waals surface area contributed by atoms with Gasteiger partial charge in [0.05, 0.1) is 11.5 Å². The predicted octanol–water partition coefficient (Wildman–Crippen LogP) is 0.164. The highest BCUT2D eigenvalue weighted by Gasteiger charge is 2.32. The van der Waals surface area contributed by atoms with Crippen molar-refractivity contribution in [2.45, 2.75) is 26.4 Å². The molecule has 0 unspecified atom stereocenters. The van der Waals surface area contributed by atoms with Crippen molar-refractivity contribution in [2.24, 2.45) is 5.41 Å². The second kappa shape index (κ2) is 3.64. The molecule has 0 spiro atoms. The Morgan fingerprint density at radius 2 is 2.23 bits per heavy atom. The van der Waals surface area contributed by atoms with Gasteiger partial charge in [-0.15, -0.1) is 0 Å². The van der Waals surface area contributed by atoms with Crippen LogP contribution in [-0.2, 0) is 4.79 Å². The monoisotopic (exact) mass is 187 g/mol. The van der Waals surface area contributed by atoms with Gasteiger partial charge >= 0.3 is 5.97 Å². The first kappa shape index (κ1) is 10.5. The number of aliphatic carboxylic acids is 1. The Morgan fingerprint density at radius 3 is 2.62 bits per heavy atom. The molecule has 4 nitrogen and oxygen atoms in total. The number of carboxylic acids is 1. The lowest BCUT2D eigenvalue weighted by Crippen LogP contribution is -2.38. The number of nitrogens with zero attached hydrogens (tertiary/aromatic N) is 1. The molecule has 1 aliphatic rings. The second-order valence-corrected chi connectivity index (χ2v) is 4.37. The lowest BCUT2D eigenvalue weighted by molar-refractivity contribution is -0.147. The van der Waals surface area contributed by atoms with Crippen LogP contribution in [0.1, 0.15) is 20.3 Å². The Kier molecular flexibility index (Phi) is 2.93. The van der Waals surface area contributed by atoms with Crippen LogP contribution in [0.15, 0.2) is 0 Å². The minimum Gasteiger partial charge on any atom is -0.481 e. The van der Waals surface area contributed by atoms with Gasteiger partial charge in [0.15, 0.2) is 0 Å². The quantitative estimate of drug-likeness (QED) is 0.661. The van der Waals surface area contributed by atoms with Crippen LogP contribution in [0.25, 0.3) is 0 Å². The van der Waals surface area contributed by atoms with Gasteiger partial charge in [-0.2, -0.15) is 0 Å². The third-order valence-electron chi connectivity index (χ3n) is 2.45. The number of carboxylic acid groups (broad SMARTS) is 1. The largest absolute Gasteiger partial charge is 0.481 e. The third-order valence-corrected chi connectivity index (χ3v) is 2.45. The normalized spacial score (nSPS) is 25.0. The van der Waals surface area contributed by atoms with Crippen LogP contribution in [0.3, 0.4) is 0 Å². The molecule has 0 saturated carbocycles. The summed E-state index contributed by atoms with van der Waals surface area (Å²) in [5.41, 5.74) is -0.718. The molecule has 13 heavy (non-hydrogen) atoms. The molecule has 0 radical (unpaired) electrons. The summed E-state index contributed by atoms with van der Waals surface area (Å²) >= 11 is 0. The summed E-state index contributed by atoms with van der Waals surface area (Å²) in [7, 11) is 0. The highest BCUT2D eigenvalue weighted by molar-refractivity contribution is 5.73. The summed E-state index contributed by atoms with van der Waals surface area (Å²) in [6, 6.07) is 0. The number of rotatable bonds is 3. The van der Waals surface area contributed by atoms with Crippen LogP contribution in [0, 0.1) is 5.41 Å². The highest BCUT2D eigenvalue weighted by Crippen LogP contribution is 2.20. The molecular weight excluding hydrogens is 170 g/mol. The molecule has 0 bridgehead atoms. The molecule has 0 aromatic rings. The van der Waals surface area contributed by atoms with E-state index in [1.54, 1.807) is 13.8 Å². The Morgan fingerprint density at radius 1 is 1.62 bits per heavy atom. The van der Waals surface area contributed by atoms with E-state index in [1.165, 1.54) is 0 Å². The fourth-order valence-corrected chi connectivity index (χ4v) is 1.58. The molecule has 2 N–H and O–H groups in total. The predicted molar refractivity (Wildman–Crippen MR) is 48.5 cm³/mol. The first-order chi connectivity index (χ1) is 5.92. The summed E-state index contributed by atoms with van der Waals surface area (Å²) in [6.45, 7) is 5.34. The van der Waals surface area contributed by atoms with Gasteiger partial charge in [0.2, 0.25) is 0 Å². The summed E-state index contributed by atoms with van der Waals surface area (Å²) in [6.07, 6.45) is 0.486. The lowest BCUT2D eigenvalue weighted by Gasteiger charge is -2.25. The molecule has 0 aliphatic carbocycles. The molecule has 0 aromatic heterocycles. The van der Waals surface area contributed by atoms with Crippen LogP contribution >= 0.6 is 0 Å². The van der Waals surface area contributed by atoms with Crippen molar-refractivity contribution in [1.82, 2.24) is 4.90 Å². The average Bonchev–Trinajstić information content (AvgIpc) is 2.34. The molecule has 1 aliphatic heterocycles. The number of likely N-dealkylation sites (tertiary alicyclic amines) is 1. The van der Waals surface area contributed by atoms with E-state index >= 15 is 0 Å². The maximum absolute atomic E-state index is 10.8. The smallest absolute Gasteiger partial charge is 0.310 e. The van der Waals surface area contributed by atoms with Gasteiger partial charge in [-0.1, -0.05) is 0 Å². The number of aliphatic hydroxyl groups excluding tert-OH is 1. The van der Waals surface area contributed by atoms with E-state index < -0.39 is 11.4 Å². The van der Waals surface area contributed by atoms with Crippen molar-refractivity contribution in [3.05, 3.63) is 0 Å². The Bertz CT molecular complexity index is 203. The van der Waals surface area contributed by atoms with Crippen LogP contribution in [0.4, 0.5) is 0 Å². The fraction of sp³-hybridized carbons (Fsp3) is 0.889. The minimum atomic E-state index is -0.783. The average molecular weight is 187 g/mol. The van der Waals surface area contributed by atoms with Crippen LogP contribution in [0.5, 0.6) is 0 Å². The SMILES string of the molecule is CC(C)(CN1CC[C@@H](O)C1)C(=O)O. The van der Waals surface area contributed by atoms with E-state index in [4.69, 9.17) is 5.11 Å². The summed E-state index contributed by atoms with van der Waals surface area (Å²) in [4.78, 5) is 12.8. The zero-order valence-electron chi connectivity index (χ0n) is 8.16. The zero-order chi connectivity index (χ0) is 10.1. The molecule has 0 aromatic carbocycles.